The molecule has 1 aliphatic rings. The second kappa shape index (κ2) is 9.53. The van der Waals surface area contributed by atoms with Gasteiger partial charge in [-0.15, -0.1) is 0 Å². The van der Waals surface area contributed by atoms with Crippen molar-refractivity contribution in [3.63, 3.8) is 0 Å². The molecule has 3 aromatic rings. The van der Waals surface area contributed by atoms with Crippen LogP contribution in [0.1, 0.15) is 0 Å². The van der Waals surface area contributed by atoms with E-state index in [1.54, 1.807) is 5.98 Å². The van der Waals surface area contributed by atoms with E-state index < -0.39 is 39.8 Å². The molecule has 0 radical (unpaired) electrons. The monoisotopic (exact) mass is 555 g/mol. The van der Waals surface area contributed by atoms with E-state index in [1.807, 2.05) is 91.0 Å². The van der Waals surface area contributed by atoms with Crippen LogP contribution in [0, 0.1) is 67.9 Å². The van der Waals surface area contributed by atoms with Gasteiger partial charge in [0.15, 0.2) is 0 Å². The Morgan fingerprint density at radius 1 is 0.629 bits per heavy atom. The van der Waals surface area contributed by atoms with Crippen LogP contribution in [0.3, 0.4) is 0 Å². The Morgan fingerprint density at radius 2 is 1.06 bits per heavy atom. The van der Waals surface area contributed by atoms with Crippen LogP contribution in [0.15, 0.2) is 103 Å². The van der Waals surface area contributed by atoms with E-state index in [-0.39, 0.29) is 0 Å². The van der Waals surface area contributed by atoms with Crippen molar-refractivity contribution in [2.75, 3.05) is 0 Å². The van der Waals surface area contributed by atoms with Gasteiger partial charge in [-0.2, -0.15) is 0 Å². The van der Waals surface area contributed by atoms with Crippen LogP contribution < -0.4 is 10.7 Å². The molecule has 3 aromatic carbocycles. The summed E-state index contributed by atoms with van der Waals surface area (Å²) in [7, 11) is 0. The molecule has 1 heterocycles. The van der Waals surface area contributed by atoms with Crippen molar-refractivity contribution in [3.05, 3.63) is 103 Å². The molecule has 2 atom stereocenters. The number of hydrogen-bond donors (Lipinski definition) is 0. The Hall–Kier alpha value is -4.29. The van der Waals surface area contributed by atoms with Crippen molar-refractivity contribution in [2.24, 2.45) is 11.3 Å². The Balaban J connectivity index is 2.37. The second-order valence-corrected chi connectivity index (χ2v) is 19.9. The zero-order valence-electron chi connectivity index (χ0n) is 18.7. The number of benzene rings is 3. The number of nitriles is 5. The summed E-state index contributed by atoms with van der Waals surface area (Å²) >= 11 is -4.89. The van der Waals surface area contributed by atoms with E-state index >= 15 is 0 Å². The van der Waals surface area contributed by atoms with Gasteiger partial charge in [-0.3, -0.25) is 0 Å². The first kappa shape index (κ1) is 23.9. The van der Waals surface area contributed by atoms with Gasteiger partial charge in [-0.1, -0.05) is 0 Å². The third kappa shape index (κ3) is 3.11. The topological polar surface area (TPSA) is 119 Å². The number of hydrogen-bond acceptors (Lipinski definition) is 5. The molecule has 7 heteroatoms. The van der Waals surface area contributed by atoms with Crippen molar-refractivity contribution in [1.82, 2.24) is 0 Å². The normalized spacial score (nSPS) is 20.3. The average molecular weight is 554 g/mol. The molecule has 0 bridgehead atoms. The summed E-state index contributed by atoms with van der Waals surface area (Å²) in [6, 6.07) is 37.3. The number of nitrogens with zero attached hydrogens (tertiary/aromatic N) is 5. The summed E-state index contributed by atoms with van der Waals surface area (Å²) in [6.45, 7) is -1.08. The van der Waals surface area contributed by atoms with Crippen molar-refractivity contribution < 1.29 is 0 Å². The van der Waals surface area contributed by atoms with Crippen molar-refractivity contribution >= 4 is 35.8 Å². The molecule has 0 fully saturated rings. The summed E-state index contributed by atoms with van der Waals surface area (Å²) in [6.07, 6.45) is 1.45. The SMILES string of the molecule is N#CB1C=CC(C#N)C(C#N)(C#N)[C]1(C#N)[Sn]([c]1ccccc1)([c]1ccccc1)[c]1ccccc1. The predicted octanol–water partition coefficient (Wildman–Crippen LogP) is 2.80. The van der Waals surface area contributed by atoms with Gasteiger partial charge in [-0.05, 0) is 0 Å². The van der Waals surface area contributed by atoms with Gasteiger partial charge in [0, 0.05) is 0 Å². The van der Waals surface area contributed by atoms with E-state index in [0.29, 0.717) is 0 Å². The van der Waals surface area contributed by atoms with Gasteiger partial charge in [0.05, 0.1) is 0 Å². The van der Waals surface area contributed by atoms with E-state index in [9.17, 15) is 26.3 Å². The van der Waals surface area contributed by atoms with Gasteiger partial charge < -0.3 is 0 Å². The third-order valence-electron chi connectivity index (χ3n) is 7.07. The van der Waals surface area contributed by atoms with Crippen LogP contribution in [0.4, 0.5) is 0 Å². The molecule has 0 aliphatic carbocycles. The van der Waals surface area contributed by atoms with E-state index in [1.165, 1.54) is 6.08 Å². The van der Waals surface area contributed by atoms with Crippen LogP contribution in [0.5, 0.6) is 0 Å². The fourth-order valence-corrected chi connectivity index (χ4v) is 23.0. The van der Waals surface area contributed by atoms with Crippen molar-refractivity contribution in [2.45, 2.75) is 3.33 Å². The average Bonchev–Trinajstić information content (AvgIpc) is 2.94. The van der Waals surface area contributed by atoms with Gasteiger partial charge in [-0.25, -0.2) is 0 Å². The summed E-state index contributed by atoms with van der Waals surface area (Å²) in [5.74, 6) is 2.65. The fourth-order valence-electron chi connectivity index (χ4n) is 5.64. The predicted molar refractivity (Wildman–Crippen MR) is 136 cm³/mol. The molecule has 0 saturated heterocycles. The number of allylic oxidation sites excluding steroid dienone is 1. The number of rotatable bonds is 4. The third-order valence-corrected chi connectivity index (χ3v) is 23.0. The molecule has 5 nitrogen and oxygen atoms in total. The Kier molecular flexibility index (Phi) is 6.49. The molecule has 1 aliphatic heterocycles. The van der Waals surface area contributed by atoms with Gasteiger partial charge >= 0.3 is 210 Å². The molecule has 2 unspecified atom stereocenters. The van der Waals surface area contributed by atoms with Crippen LogP contribution in [0.25, 0.3) is 0 Å². The maximum atomic E-state index is 11.2. The first-order valence-corrected chi connectivity index (χ1v) is 16.7. The van der Waals surface area contributed by atoms with Crippen LogP contribution in [-0.4, -0.2) is 25.1 Å². The molecule has 0 amide bonds. The molecule has 4 rings (SSSR count). The van der Waals surface area contributed by atoms with E-state index in [0.717, 1.165) is 10.7 Å². The second-order valence-electron chi connectivity index (χ2n) is 8.40. The summed E-state index contributed by atoms with van der Waals surface area (Å²) in [5, 5.41) is 53.0. The van der Waals surface area contributed by atoms with Crippen molar-refractivity contribution in [1.29, 1.82) is 26.3 Å². The van der Waals surface area contributed by atoms with Gasteiger partial charge in [0.2, 0.25) is 0 Å². The van der Waals surface area contributed by atoms with Gasteiger partial charge in [0.1, 0.15) is 0 Å². The molecule has 0 saturated carbocycles. The van der Waals surface area contributed by atoms with E-state index in [2.05, 4.69) is 30.2 Å². The zero-order valence-corrected chi connectivity index (χ0v) is 21.6. The standard InChI is InChI=1S/C10H3BN5.3C6H5.Sn/c12-3-8-1-2-11(7-16)9(4-13)10(8,5-14)6-15;3*1-2-4-6-5-3-1;/h1-2,8H;3*1-5H;. The van der Waals surface area contributed by atoms with Crippen LogP contribution >= 0.6 is 0 Å². The molecule has 0 aromatic heterocycles. The minimum absolute atomic E-state index is 0.850. The minimum atomic E-state index is -4.89. The molecule has 0 spiro atoms. The first-order chi connectivity index (χ1) is 17.1. The molecular formula is C28H18BN5Sn. The molecule has 35 heavy (non-hydrogen) atoms. The summed E-state index contributed by atoms with van der Waals surface area (Å²) in [4.78, 5) is 0. The summed E-state index contributed by atoms with van der Waals surface area (Å²) in [5.41, 5.74) is -2.07. The quantitative estimate of drug-likeness (QED) is 0.460. The molecule has 0 N–H and O–H groups in total. The Bertz CT molecular complexity index is 1360. The van der Waals surface area contributed by atoms with Crippen molar-refractivity contribution in [3.8, 4) is 30.2 Å². The van der Waals surface area contributed by atoms with Crippen LogP contribution in [-0.2, 0) is 0 Å². The fraction of sp³-hybridized carbons (Fsp3) is 0.107. The Morgan fingerprint density at radius 3 is 1.37 bits per heavy atom. The van der Waals surface area contributed by atoms with Gasteiger partial charge in [0.25, 0.3) is 0 Å². The van der Waals surface area contributed by atoms with Crippen LogP contribution in [0.2, 0.25) is 3.33 Å². The maximum absolute atomic E-state index is 11.2. The molecule has 162 valence electrons. The zero-order chi connectivity index (χ0) is 24.9. The van der Waals surface area contributed by atoms with E-state index in [4.69, 9.17) is 0 Å². The Labute approximate surface area is 209 Å². The first-order valence-electron chi connectivity index (χ1n) is 11.0. The summed E-state index contributed by atoms with van der Waals surface area (Å²) < 4.78 is 0.771. The molecular weight excluding hydrogens is 536 g/mol.